The number of aryl methyl sites for hydroxylation is 1. The van der Waals surface area contributed by atoms with Crippen LogP contribution in [0.15, 0.2) is 12.4 Å². The number of ether oxygens (including phenoxy) is 1. The Kier molecular flexibility index (Phi) is 5.14. The van der Waals surface area contributed by atoms with Crippen LogP contribution in [0.3, 0.4) is 0 Å². The molecule has 0 radical (unpaired) electrons. The summed E-state index contributed by atoms with van der Waals surface area (Å²) in [5, 5.41) is 7.22. The van der Waals surface area contributed by atoms with Crippen molar-refractivity contribution in [3.05, 3.63) is 18.0 Å². The Morgan fingerprint density at radius 1 is 1.70 bits per heavy atom. The highest BCUT2D eigenvalue weighted by atomic mass is 16.5. The van der Waals surface area contributed by atoms with Crippen molar-refractivity contribution < 1.29 is 9.53 Å². The Hall–Kier alpha value is -1.40. The molecule has 2 heterocycles. The summed E-state index contributed by atoms with van der Waals surface area (Å²) >= 11 is 0. The summed E-state index contributed by atoms with van der Waals surface area (Å²) in [4.78, 5) is 14.5. The number of hydrogen-bond donors (Lipinski definition) is 1. The SMILES string of the molecule is CCN(CC1CCCO1)C(=O)C(NC)c1cnn(C)c1. The Morgan fingerprint density at radius 2 is 2.50 bits per heavy atom. The molecule has 6 nitrogen and oxygen atoms in total. The minimum atomic E-state index is -0.343. The number of aromatic nitrogens is 2. The monoisotopic (exact) mass is 280 g/mol. The molecular weight excluding hydrogens is 256 g/mol. The van der Waals surface area contributed by atoms with Crippen LogP contribution in [-0.2, 0) is 16.6 Å². The first-order chi connectivity index (χ1) is 9.65. The zero-order valence-corrected chi connectivity index (χ0v) is 12.5. The third kappa shape index (κ3) is 3.37. The van der Waals surface area contributed by atoms with Gasteiger partial charge in [0.25, 0.3) is 0 Å². The van der Waals surface area contributed by atoms with Crippen LogP contribution in [0.1, 0.15) is 31.4 Å². The van der Waals surface area contributed by atoms with Crippen LogP contribution in [0.5, 0.6) is 0 Å². The van der Waals surface area contributed by atoms with Gasteiger partial charge in [-0.3, -0.25) is 9.48 Å². The number of carbonyl (C=O) groups excluding carboxylic acids is 1. The van der Waals surface area contributed by atoms with Crippen LogP contribution >= 0.6 is 0 Å². The van der Waals surface area contributed by atoms with Crippen LogP contribution in [0.2, 0.25) is 0 Å². The molecule has 20 heavy (non-hydrogen) atoms. The van der Waals surface area contributed by atoms with E-state index in [1.165, 1.54) is 0 Å². The molecule has 0 saturated carbocycles. The van der Waals surface area contributed by atoms with Crippen molar-refractivity contribution in [2.45, 2.75) is 31.9 Å². The second-order valence-electron chi connectivity index (χ2n) is 5.18. The highest BCUT2D eigenvalue weighted by Crippen LogP contribution is 2.18. The Balaban J connectivity index is 2.04. The molecule has 1 N–H and O–H groups in total. The molecule has 1 fully saturated rings. The molecule has 1 aliphatic heterocycles. The van der Waals surface area contributed by atoms with Gasteiger partial charge in [0.05, 0.1) is 12.3 Å². The molecule has 0 spiro atoms. The van der Waals surface area contributed by atoms with Crippen molar-refractivity contribution in [3.8, 4) is 0 Å². The quantitative estimate of drug-likeness (QED) is 0.833. The van der Waals surface area contributed by atoms with Crippen molar-refractivity contribution in [2.75, 3.05) is 26.7 Å². The second-order valence-corrected chi connectivity index (χ2v) is 5.18. The summed E-state index contributed by atoms with van der Waals surface area (Å²) in [6.45, 7) is 4.18. The molecule has 1 aromatic rings. The number of amides is 1. The Labute approximate surface area is 120 Å². The topological polar surface area (TPSA) is 59.4 Å². The maximum absolute atomic E-state index is 12.7. The Bertz CT molecular complexity index is 440. The number of nitrogens with zero attached hydrogens (tertiary/aromatic N) is 3. The van der Waals surface area contributed by atoms with Crippen molar-refractivity contribution in [3.63, 3.8) is 0 Å². The minimum Gasteiger partial charge on any atom is -0.376 e. The minimum absolute atomic E-state index is 0.0819. The average Bonchev–Trinajstić information content (AvgIpc) is 3.08. The van der Waals surface area contributed by atoms with E-state index in [4.69, 9.17) is 4.74 Å². The van der Waals surface area contributed by atoms with Crippen LogP contribution in [0.4, 0.5) is 0 Å². The number of hydrogen-bond acceptors (Lipinski definition) is 4. The highest BCUT2D eigenvalue weighted by Gasteiger charge is 2.27. The van der Waals surface area contributed by atoms with E-state index < -0.39 is 0 Å². The van der Waals surface area contributed by atoms with Gasteiger partial charge >= 0.3 is 0 Å². The molecule has 2 atom stereocenters. The van der Waals surface area contributed by atoms with Gasteiger partial charge in [0.2, 0.25) is 5.91 Å². The highest BCUT2D eigenvalue weighted by molar-refractivity contribution is 5.83. The maximum atomic E-state index is 12.7. The van der Waals surface area contributed by atoms with Gasteiger partial charge in [-0.15, -0.1) is 0 Å². The zero-order chi connectivity index (χ0) is 14.5. The summed E-state index contributed by atoms with van der Waals surface area (Å²) in [6, 6.07) is -0.343. The van der Waals surface area contributed by atoms with E-state index in [-0.39, 0.29) is 18.1 Å². The lowest BCUT2D eigenvalue weighted by atomic mass is 10.1. The normalized spacial score (nSPS) is 20.1. The van der Waals surface area contributed by atoms with Gasteiger partial charge in [0.15, 0.2) is 0 Å². The van der Waals surface area contributed by atoms with E-state index in [2.05, 4.69) is 10.4 Å². The van der Waals surface area contributed by atoms with E-state index in [9.17, 15) is 4.79 Å². The molecule has 1 aliphatic rings. The fourth-order valence-electron chi connectivity index (χ4n) is 2.61. The van der Waals surface area contributed by atoms with Crippen molar-refractivity contribution >= 4 is 5.91 Å². The fourth-order valence-corrected chi connectivity index (χ4v) is 2.61. The van der Waals surface area contributed by atoms with E-state index in [0.29, 0.717) is 13.1 Å². The standard InChI is InChI=1S/C14H24N4O2/c1-4-18(10-12-6-5-7-20-12)14(19)13(15-2)11-8-16-17(3)9-11/h8-9,12-13,15H,4-7,10H2,1-3H3. The average molecular weight is 280 g/mol. The van der Waals surface area contributed by atoms with Crippen LogP contribution in [-0.4, -0.2) is 53.4 Å². The van der Waals surface area contributed by atoms with Gasteiger partial charge < -0.3 is 15.0 Å². The van der Waals surface area contributed by atoms with E-state index in [1.54, 1.807) is 17.9 Å². The number of likely N-dealkylation sites (N-methyl/N-ethyl adjacent to an activating group) is 2. The second kappa shape index (κ2) is 6.85. The first-order valence-electron chi connectivity index (χ1n) is 7.22. The van der Waals surface area contributed by atoms with Gasteiger partial charge in [-0.1, -0.05) is 0 Å². The van der Waals surface area contributed by atoms with Gasteiger partial charge in [0.1, 0.15) is 6.04 Å². The van der Waals surface area contributed by atoms with Crippen molar-refractivity contribution in [2.24, 2.45) is 7.05 Å². The largest absolute Gasteiger partial charge is 0.376 e. The lowest BCUT2D eigenvalue weighted by Gasteiger charge is -2.27. The van der Waals surface area contributed by atoms with Crippen LogP contribution in [0.25, 0.3) is 0 Å². The molecule has 1 amide bonds. The first-order valence-corrected chi connectivity index (χ1v) is 7.22. The molecule has 112 valence electrons. The third-order valence-electron chi connectivity index (χ3n) is 3.74. The molecule has 2 rings (SSSR count). The maximum Gasteiger partial charge on any atom is 0.244 e. The van der Waals surface area contributed by atoms with Crippen molar-refractivity contribution in [1.29, 1.82) is 0 Å². The molecule has 0 bridgehead atoms. The number of nitrogens with one attached hydrogen (secondary N) is 1. The summed E-state index contributed by atoms with van der Waals surface area (Å²) in [5.74, 6) is 0.0819. The molecule has 2 unspecified atom stereocenters. The molecular formula is C14H24N4O2. The molecule has 6 heteroatoms. The van der Waals surface area contributed by atoms with Crippen LogP contribution in [0, 0.1) is 0 Å². The molecule has 1 aromatic heterocycles. The van der Waals surface area contributed by atoms with Gasteiger partial charge in [0, 0.05) is 38.5 Å². The first kappa shape index (κ1) is 15.0. The molecule has 0 aliphatic carbocycles. The van der Waals surface area contributed by atoms with E-state index in [0.717, 1.165) is 25.0 Å². The summed E-state index contributed by atoms with van der Waals surface area (Å²) < 4.78 is 7.34. The van der Waals surface area contributed by atoms with Gasteiger partial charge in [-0.2, -0.15) is 5.10 Å². The van der Waals surface area contributed by atoms with Gasteiger partial charge in [-0.05, 0) is 26.8 Å². The number of rotatable bonds is 6. The third-order valence-corrected chi connectivity index (χ3v) is 3.74. The lowest BCUT2D eigenvalue weighted by molar-refractivity contribution is -0.134. The van der Waals surface area contributed by atoms with E-state index >= 15 is 0 Å². The summed E-state index contributed by atoms with van der Waals surface area (Å²) in [7, 11) is 3.65. The fraction of sp³-hybridized carbons (Fsp3) is 0.714. The van der Waals surface area contributed by atoms with Gasteiger partial charge in [-0.25, -0.2) is 0 Å². The van der Waals surface area contributed by atoms with Crippen LogP contribution < -0.4 is 5.32 Å². The lowest BCUT2D eigenvalue weighted by Crippen LogP contribution is -2.43. The zero-order valence-electron chi connectivity index (χ0n) is 12.5. The predicted molar refractivity (Wildman–Crippen MR) is 76.2 cm³/mol. The van der Waals surface area contributed by atoms with E-state index in [1.807, 2.05) is 25.1 Å². The summed E-state index contributed by atoms with van der Waals surface area (Å²) in [5.41, 5.74) is 0.894. The summed E-state index contributed by atoms with van der Waals surface area (Å²) in [6.07, 6.45) is 5.93. The molecule has 0 aromatic carbocycles. The van der Waals surface area contributed by atoms with Crippen molar-refractivity contribution in [1.82, 2.24) is 20.0 Å². The smallest absolute Gasteiger partial charge is 0.244 e. The number of carbonyl (C=O) groups is 1. The molecule has 1 saturated heterocycles. The predicted octanol–water partition coefficient (Wildman–Crippen LogP) is 0.708. The Morgan fingerprint density at radius 3 is 3.00 bits per heavy atom.